The van der Waals surface area contributed by atoms with Gasteiger partial charge in [0.2, 0.25) is 0 Å². The summed E-state index contributed by atoms with van der Waals surface area (Å²) in [7, 11) is 0. The van der Waals surface area contributed by atoms with E-state index in [4.69, 9.17) is 4.42 Å². The summed E-state index contributed by atoms with van der Waals surface area (Å²) in [4.78, 5) is 23.9. The number of nitrogens with one attached hydrogen (secondary N) is 1. The fraction of sp³-hybridized carbons (Fsp3) is 0.625. The van der Waals surface area contributed by atoms with Gasteiger partial charge in [0.15, 0.2) is 0 Å². The van der Waals surface area contributed by atoms with Gasteiger partial charge in [-0.2, -0.15) is 0 Å². The van der Waals surface area contributed by atoms with Gasteiger partial charge in [0, 0.05) is 12.1 Å². The number of carbonyl (C=O) groups is 2. The first-order chi connectivity index (χ1) is 9.87. The first-order valence-corrected chi connectivity index (χ1v) is 7.45. The number of hydrogen-bond donors (Lipinski definition) is 2. The third-order valence-electron chi connectivity index (χ3n) is 4.64. The summed E-state index contributed by atoms with van der Waals surface area (Å²) >= 11 is 0. The number of furan rings is 1. The minimum Gasteiger partial charge on any atom is -0.481 e. The van der Waals surface area contributed by atoms with Crippen molar-refractivity contribution >= 4 is 11.9 Å². The monoisotopic (exact) mass is 293 g/mol. The van der Waals surface area contributed by atoms with Crippen molar-refractivity contribution in [1.82, 2.24) is 5.32 Å². The number of amides is 1. The van der Waals surface area contributed by atoms with Gasteiger partial charge in [-0.05, 0) is 33.6 Å². The van der Waals surface area contributed by atoms with Gasteiger partial charge in [0.1, 0.15) is 11.5 Å². The zero-order valence-electron chi connectivity index (χ0n) is 12.9. The van der Waals surface area contributed by atoms with E-state index in [2.05, 4.69) is 5.32 Å². The van der Waals surface area contributed by atoms with E-state index in [1.165, 1.54) is 0 Å². The van der Waals surface area contributed by atoms with Gasteiger partial charge in [0.25, 0.3) is 5.91 Å². The van der Waals surface area contributed by atoms with Crippen LogP contribution in [0, 0.1) is 26.2 Å². The number of hydrogen-bond acceptors (Lipinski definition) is 3. The van der Waals surface area contributed by atoms with Crippen LogP contribution in [0.25, 0.3) is 0 Å². The molecule has 5 nitrogen and oxygen atoms in total. The molecule has 1 heterocycles. The normalized spacial score (nSPS) is 17.5. The van der Waals surface area contributed by atoms with Crippen LogP contribution in [0.4, 0.5) is 0 Å². The molecule has 1 aliphatic rings. The van der Waals surface area contributed by atoms with E-state index >= 15 is 0 Å². The molecule has 0 radical (unpaired) electrons. The molecule has 0 unspecified atom stereocenters. The summed E-state index contributed by atoms with van der Waals surface area (Å²) in [5, 5.41) is 12.3. The van der Waals surface area contributed by atoms with Crippen LogP contribution in [0.15, 0.2) is 4.42 Å². The molecule has 116 valence electrons. The third-order valence-corrected chi connectivity index (χ3v) is 4.64. The molecule has 1 aromatic heterocycles. The lowest BCUT2D eigenvalue weighted by atomic mass is 9.74. The van der Waals surface area contributed by atoms with Crippen LogP contribution < -0.4 is 5.32 Å². The Hall–Kier alpha value is -1.78. The van der Waals surface area contributed by atoms with E-state index < -0.39 is 11.4 Å². The maximum absolute atomic E-state index is 12.3. The summed E-state index contributed by atoms with van der Waals surface area (Å²) in [6.45, 7) is 5.60. The second kappa shape index (κ2) is 5.92. The molecule has 0 bridgehead atoms. The molecule has 2 rings (SSSR count). The SMILES string of the molecule is Cc1oc(C)c(C(=O)NCC2(C(=O)O)CCCCC2)c1C. The van der Waals surface area contributed by atoms with Crippen molar-refractivity contribution in [3.63, 3.8) is 0 Å². The van der Waals surface area contributed by atoms with Crippen LogP contribution in [0.1, 0.15) is 59.5 Å². The molecule has 2 N–H and O–H groups in total. The molecule has 1 saturated carbocycles. The van der Waals surface area contributed by atoms with Crippen molar-refractivity contribution in [2.24, 2.45) is 5.41 Å². The largest absolute Gasteiger partial charge is 0.481 e. The fourth-order valence-electron chi connectivity index (χ4n) is 3.16. The summed E-state index contributed by atoms with van der Waals surface area (Å²) in [6.07, 6.45) is 4.15. The molecular weight excluding hydrogens is 270 g/mol. The molecule has 21 heavy (non-hydrogen) atoms. The van der Waals surface area contributed by atoms with E-state index in [1.54, 1.807) is 6.92 Å². The smallest absolute Gasteiger partial charge is 0.311 e. The molecule has 0 saturated heterocycles. The summed E-state index contributed by atoms with van der Waals surface area (Å²) in [6, 6.07) is 0. The fourth-order valence-corrected chi connectivity index (χ4v) is 3.16. The average molecular weight is 293 g/mol. The molecule has 0 aliphatic heterocycles. The second-order valence-corrected chi connectivity index (χ2v) is 6.04. The van der Waals surface area contributed by atoms with Gasteiger partial charge in [-0.25, -0.2) is 0 Å². The van der Waals surface area contributed by atoms with Crippen molar-refractivity contribution < 1.29 is 19.1 Å². The predicted octanol–water partition coefficient (Wildman–Crippen LogP) is 2.97. The maximum Gasteiger partial charge on any atom is 0.311 e. The van der Waals surface area contributed by atoms with Crippen molar-refractivity contribution in [3.05, 3.63) is 22.6 Å². The van der Waals surface area contributed by atoms with Gasteiger partial charge in [-0.15, -0.1) is 0 Å². The van der Waals surface area contributed by atoms with E-state index in [1.807, 2.05) is 13.8 Å². The molecule has 1 aliphatic carbocycles. The van der Waals surface area contributed by atoms with Gasteiger partial charge in [-0.1, -0.05) is 19.3 Å². The Morgan fingerprint density at radius 3 is 2.24 bits per heavy atom. The Bertz CT molecular complexity index is 553. The molecule has 1 fully saturated rings. The highest BCUT2D eigenvalue weighted by Crippen LogP contribution is 2.36. The van der Waals surface area contributed by atoms with Crippen LogP contribution in [-0.4, -0.2) is 23.5 Å². The quantitative estimate of drug-likeness (QED) is 0.894. The van der Waals surface area contributed by atoms with Gasteiger partial charge < -0.3 is 14.8 Å². The first kappa shape index (κ1) is 15.6. The van der Waals surface area contributed by atoms with Gasteiger partial charge >= 0.3 is 5.97 Å². The second-order valence-electron chi connectivity index (χ2n) is 6.04. The highest BCUT2D eigenvalue weighted by atomic mass is 16.4. The number of aryl methyl sites for hydroxylation is 2. The molecular formula is C16H23NO4. The van der Waals surface area contributed by atoms with E-state index in [0.29, 0.717) is 24.2 Å². The summed E-state index contributed by atoms with van der Waals surface area (Å²) in [5.74, 6) is 0.256. The minimum atomic E-state index is -0.811. The minimum absolute atomic E-state index is 0.185. The number of aliphatic carboxylic acids is 1. The van der Waals surface area contributed by atoms with Crippen LogP contribution in [0.3, 0.4) is 0 Å². The van der Waals surface area contributed by atoms with Crippen molar-refractivity contribution in [2.45, 2.75) is 52.9 Å². The zero-order valence-corrected chi connectivity index (χ0v) is 12.9. The van der Waals surface area contributed by atoms with Crippen LogP contribution in [0.2, 0.25) is 0 Å². The molecule has 0 aromatic carbocycles. The van der Waals surface area contributed by atoms with Crippen molar-refractivity contribution in [3.8, 4) is 0 Å². The lowest BCUT2D eigenvalue weighted by Crippen LogP contribution is -2.44. The van der Waals surface area contributed by atoms with Crippen molar-refractivity contribution in [2.75, 3.05) is 6.54 Å². The average Bonchev–Trinajstić information content (AvgIpc) is 2.70. The number of carboxylic acids is 1. The van der Waals surface area contributed by atoms with E-state index in [-0.39, 0.29) is 12.5 Å². The Labute approximate surface area is 124 Å². The van der Waals surface area contributed by atoms with Gasteiger partial charge in [0.05, 0.1) is 11.0 Å². The third kappa shape index (κ3) is 2.96. The molecule has 0 atom stereocenters. The van der Waals surface area contributed by atoms with Crippen LogP contribution in [0.5, 0.6) is 0 Å². The van der Waals surface area contributed by atoms with E-state index in [0.717, 1.165) is 30.6 Å². The highest BCUT2D eigenvalue weighted by Gasteiger charge is 2.40. The number of carboxylic acid groups (broad SMARTS) is 1. The molecule has 5 heteroatoms. The first-order valence-electron chi connectivity index (χ1n) is 7.45. The summed E-state index contributed by atoms with van der Waals surface area (Å²) in [5.41, 5.74) is 0.538. The topological polar surface area (TPSA) is 79.5 Å². The Morgan fingerprint density at radius 1 is 1.14 bits per heavy atom. The lowest BCUT2D eigenvalue weighted by molar-refractivity contribution is -0.150. The Morgan fingerprint density at radius 2 is 1.76 bits per heavy atom. The Balaban J connectivity index is 2.10. The highest BCUT2D eigenvalue weighted by molar-refractivity contribution is 5.97. The number of carbonyl (C=O) groups excluding carboxylic acids is 1. The van der Waals surface area contributed by atoms with Crippen molar-refractivity contribution in [1.29, 1.82) is 0 Å². The van der Waals surface area contributed by atoms with Crippen LogP contribution in [-0.2, 0) is 4.79 Å². The molecule has 0 spiro atoms. The summed E-state index contributed by atoms with van der Waals surface area (Å²) < 4.78 is 5.45. The standard InChI is InChI=1S/C16H23NO4/c1-10-11(2)21-12(3)13(10)14(18)17-9-16(15(19)20)7-5-4-6-8-16/h4-9H2,1-3H3,(H,17,18)(H,19,20). The molecule has 1 amide bonds. The maximum atomic E-state index is 12.3. The zero-order chi connectivity index (χ0) is 15.6. The van der Waals surface area contributed by atoms with Crippen LogP contribution >= 0.6 is 0 Å². The van der Waals surface area contributed by atoms with E-state index in [9.17, 15) is 14.7 Å². The molecule has 1 aromatic rings. The lowest BCUT2D eigenvalue weighted by Gasteiger charge is -2.33. The number of rotatable bonds is 4. The van der Waals surface area contributed by atoms with Gasteiger partial charge in [-0.3, -0.25) is 9.59 Å². The Kier molecular flexibility index (Phi) is 4.40. The predicted molar refractivity (Wildman–Crippen MR) is 78.4 cm³/mol.